The molecule has 0 spiro atoms. The van der Waals surface area contributed by atoms with Crippen LogP contribution in [0, 0.1) is 13.8 Å². The largest absolute Gasteiger partial charge is 0.459 e. The molecule has 5 rings (SSSR count). The number of benzene rings is 1. The van der Waals surface area contributed by atoms with Crippen LogP contribution in [0.3, 0.4) is 0 Å². The van der Waals surface area contributed by atoms with E-state index < -0.39 is 0 Å². The van der Waals surface area contributed by atoms with Crippen LogP contribution in [0.5, 0.6) is 0 Å². The summed E-state index contributed by atoms with van der Waals surface area (Å²) < 4.78 is 11.8. The minimum Gasteiger partial charge on any atom is -0.459 e. The SMILES string of the molecule is C=C1c2oc(C)cc2-c2cccc3c2N1C(=C)c1oc(C)cc1-3. The molecule has 0 N–H and O–H groups in total. The van der Waals surface area contributed by atoms with E-state index in [9.17, 15) is 0 Å². The summed E-state index contributed by atoms with van der Waals surface area (Å²) in [7, 11) is 0. The first-order valence-electron chi connectivity index (χ1n) is 7.59. The molecule has 112 valence electrons. The summed E-state index contributed by atoms with van der Waals surface area (Å²) in [4.78, 5) is 2.06. The molecule has 1 aromatic carbocycles. The highest BCUT2D eigenvalue weighted by Gasteiger charge is 2.38. The van der Waals surface area contributed by atoms with Crippen LogP contribution in [0.25, 0.3) is 33.6 Å². The van der Waals surface area contributed by atoms with Crippen molar-refractivity contribution in [2.24, 2.45) is 0 Å². The van der Waals surface area contributed by atoms with Crippen LogP contribution in [-0.4, -0.2) is 0 Å². The van der Waals surface area contributed by atoms with E-state index in [-0.39, 0.29) is 0 Å². The highest BCUT2D eigenvalue weighted by molar-refractivity contribution is 6.13. The fourth-order valence-corrected chi connectivity index (χ4v) is 3.71. The first kappa shape index (κ1) is 12.6. The van der Waals surface area contributed by atoms with E-state index in [0.717, 1.165) is 62.4 Å². The summed E-state index contributed by atoms with van der Waals surface area (Å²) in [6.07, 6.45) is 0. The van der Waals surface area contributed by atoms with Gasteiger partial charge in [-0.05, 0) is 26.0 Å². The second-order valence-corrected chi connectivity index (χ2v) is 6.13. The van der Waals surface area contributed by atoms with Crippen LogP contribution in [0.15, 0.2) is 52.3 Å². The molecular formula is C20H15NO2. The third-order valence-corrected chi connectivity index (χ3v) is 4.61. The highest BCUT2D eigenvalue weighted by atomic mass is 16.3. The van der Waals surface area contributed by atoms with Gasteiger partial charge in [0.1, 0.15) is 11.5 Å². The van der Waals surface area contributed by atoms with Crippen molar-refractivity contribution in [3.8, 4) is 22.3 Å². The zero-order chi connectivity index (χ0) is 15.9. The van der Waals surface area contributed by atoms with Crippen LogP contribution >= 0.6 is 0 Å². The molecule has 2 aromatic heterocycles. The van der Waals surface area contributed by atoms with Gasteiger partial charge < -0.3 is 13.7 Å². The van der Waals surface area contributed by atoms with Gasteiger partial charge in [0.25, 0.3) is 0 Å². The summed E-state index contributed by atoms with van der Waals surface area (Å²) in [5.74, 6) is 3.37. The van der Waals surface area contributed by atoms with E-state index in [1.165, 1.54) is 0 Å². The average molecular weight is 301 g/mol. The molecule has 0 aliphatic carbocycles. The maximum Gasteiger partial charge on any atom is 0.158 e. The van der Waals surface area contributed by atoms with Crippen molar-refractivity contribution in [1.82, 2.24) is 0 Å². The smallest absolute Gasteiger partial charge is 0.158 e. The second kappa shape index (κ2) is 3.87. The quantitative estimate of drug-likeness (QED) is 0.541. The number of nitrogens with zero attached hydrogens (tertiary/aromatic N) is 1. The molecule has 0 atom stereocenters. The maximum atomic E-state index is 5.90. The van der Waals surface area contributed by atoms with Crippen molar-refractivity contribution >= 4 is 17.1 Å². The van der Waals surface area contributed by atoms with E-state index in [4.69, 9.17) is 8.83 Å². The standard InChI is InChI=1S/C20H15NO2/c1-10-8-16-14-6-5-7-15-17-9-11(2)23-20(17)13(4)21(18(14)15)12(3)19(16)22-10/h5-9H,3-4H2,1-2H3. The zero-order valence-electron chi connectivity index (χ0n) is 13.1. The Hall–Kier alpha value is -2.94. The number of rotatable bonds is 0. The number of hydrogen-bond donors (Lipinski definition) is 0. The molecule has 4 heterocycles. The van der Waals surface area contributed by atoms with Gasteiger partial charge in [-0.15, -0.1) is 0 Å². The van der Waals surface area contributed by atoms with Crippen molar-refractivity contribution in [3.05, 3.63) is 66.5 Å². The number of furan rings is 2. The van der Waals surface area contributed by atoms with Crippen LogP contribution in [0.2, 0.25) is 0 Å². The molecule has 0 bridgehead atoms. The van der Waals surface area contributed by atoms with Crippen molar-refractivity contribution in [1.29, 1.82) is 0 Å². The lowest BCUT2D eigenvalue weighted by Crippen LogP contribution is -2.25. The molecular weight excluding hydrogens is 286 g/mol. The molecule has 0 saturated carbocycles. The fourth-order valence-electron chi connectivity index (χ4n) is 3.71. The second-order valence-electron chi connectivity index (χ2n) is 6.13. The minimum atomic E-state index is 0.803. The number of hydrogen-bond acceptors (Lipinski definition) is 3. The number of aryl methyl sites for hydroxylation is 2. The molecule has 0 unspecified atom stereocenters. The van der Waals surface area contributed by atoms with Gasteiger partial charge in [-0.3, -0.25) is 0 Å². The predicted octanol–water partition coefficient (Wildman–Crippen LogP) is 5.60. The molecule has 0 fully saturated rings. The van der Waals surface area contributed by atoms with Crippen molar-refractivity contribution < 1.29 is 8.83 Å². The van der Waals surface area contributed by atoms with Crippen LogP contribution < -0.4 is 4.90 Å². The van der Waals surface area contributed by atoms with Gasteiger partial charge >= 0.3 is 0 Å². The van der Waals surface area contributed by atoms with Gasteiger partial charge in [-0.25, -0.2) is 0 Å². The summed E-state index contributed by atoms with van der Waals surface area (Å²) >= 11 is 0. The van der Waals surface area contributed by atoms with Crippen molar-refractivity contribution in [2.45, 2.75) is 13.8 Å². The Balaban J connectivity index is 1.93. The number of anilines is 1. The van der Waals surface area contributed by atoms with Crippen LogP contribution in [0.4, 0.5) is 5.69 Å². The number of para-hydroxylation sites is 1. The first-order valence-corrected chi connectivity index (χ1v) is 7.59. The molecule has 2 aliphatic heterocycles. The lowest BCUT2D eigenvalue weighted by atomic mass is 9.87. The minimum absolute atomic E-state index is 0.803. The van der Waals surface area contributed by atoms with Gasteiger partial charge in [-0.1, -0.05) is 31.4 Å². The maximum absolute atomic E-state index is 5.90. The zero-order valence-corrected chi connectivity index (χ0v) is 13.1. The Labute approximate surface area is 134 Å². The highest BCUT2D eigenvalue weighted by Crippen LogP contribution is 2.55. The number of fused-ring (bicyclic) bond motifs is 4. The molecule has 3 heteroatoms. The molecule has 0 saturated heterocycles. The van der Waals surface area contributed by atoms with Crippen molar-refractivity contribution in [3.63, 3.8) is 0 Å². The van der Waals surface area contributed by atoms with E-state index in [1.807, 2.05) is 13.8 Å². The Bertz CT molecular complexity index is 954. The third kappa shape index (κ3) is 1.39. The van der Waals surface area contributed by atoms with Gasteiger partial charge in [0.2, 0.25) is 0 Å². The van der Waals surface area contributed by atoms with E-state index in [0.29, 0.717) is 0 Å². The Kier molecular flexibility index (Phi) is 2.12. The monoisotopic (exact) mass is 301 g/mol. The summed E-state index contributed by atoms with van der Waals surface area (Å²) in [5, 5.41) is 0. The summed E-state index contributed by atoms with van der Waals surface area (Å²) in [5.41, 5.74) is 7.20. The van der Waals surface area contributed by atoms with E-state index in [2.05, 4.69) is 48.4 Å². The predicted molar refractivity (Wildman–Crippen MR) is 91.9 cm³/mol. The third-order valence-electron chi connectivity index (χ3n) is 4.61. The average Bonchev–Trinajstić information content (AvgIpc) is 3.09. The summed E-state index contributed by atoms with van der Waals surface area (Å²) in [6.45, 7) is 12.4. The first-order chi connectivity index (χ1) is 11.1. The Morgan fingerprint density at radius 3 is 1.74 bits per heavy atom. The van der Waals surface area contributed by atoms with Crippen LogP contribution in [-0.2, 0) is 0 Å². The molecule has 23 heavy (non-hydrogen) atoms. The molecule has 0 amide bonds. The Morgan fingerprint density at radius 2 is 1.26 bits per heavy atom. The summed E-state index contributed by atoms with van der Waals surface area (Å²) in [6, 6.07) is 10.5. The van der Waals surface area contributed by atoms with E-state index in [1.54, 1.807) is 0 Å². The molecule has 3 aromatic rings. The van der Waals surface area contributed by atoms with Crippen LogP contribution in [0.1, 0.15) is 23.0 Å². The van der Waals surface area contributed by atoms with Gasteiger partial charge in [-0.2, -0.15) is 0 Å². The topological polar surface area (TPSA) is 29.5 Å². The normalized spacial score (nSPS) is 14.6. The van der Waals surface area contributed by atoms with Gasteiger partial charge in [0, 0.05) is 22.3 Å². The van der Waals surface area contributed by atoms with E-state index >= 15 is 0 Å². The Morgan fingerprint density at radius 1 is 0.783 bits per heavy atom. The lowest BCUT2D eigenvalue weighted by molar-refractivity contribution is 0.516. The molecule has 3 nitrogen and oxygen atoms in total. The molecule has 2 aliphatic rings. The fraction of sp³-hybridized carbons (Fsp3) is 0.100. The molecule has 0 radical (unpaired) electrons. The van der Waals surface area contributed by atoms with Crippen molar-refractivity contribution in [2.75, 3.05) is 4.90 Å². The lowest BCUT2D eigenvalue weighted by Gasteiger charge is -2.37. The van der Waals surface area contributed by atoms with Gasteiger partial charge in [0.15, 0.2) is 11.5 Å². The van der Waals surface area contributed by atoms with Gasteiger partial charge in [0.05, 0.1) is 17.1 Å².